The molecular weight excluding hydrogens is 402 g/mol. The summed E-state index contributed by atoms with van der Waals surface area (Å²) in [5, 5.41) is 4.68. The summed E-state index contributed by atoms with van der Waals surface area (Å²) in [5.74, 6) is 0.641. The quantitative estimate of drug-likeness (QED) is 0.524. The van der Waals surface area contributed by atoms with E-state index >= 15 is 0 Å². The molecule has 1 fully saturated rings. The SMILES string of the molecule is O=C(CN1CCCCC1)Nc1ccc2nc3n(c(=O)c2c1)CCc1c-3[nH]c2ccccc12. The van der Waals surface area contributed by atoms with Gasteiger partial charge in [0.1, 0.15) is 0 Å². The molecule has 2 aromatic carbocycles. The van der Waals surface area contributed by atoms with Crippen LogP contribution in [0.4, 0.5) is 5.69 Å². The number of hydrogen-bond donors (Lipinski definition) is 2. The smallest absolute Gasteiger partial charge is 0.261 e. The first-order valence-electron chi connectivity index (χ1n) is 11.3. The fourth-order valence-electron chi connectivity index (χ4n) is 5.09. The van der Waals surface area contributed by atoms with E-state index in [0.717, 1.165) is 43.6 Å². The molecule has 162 valence electrons. The van der Waals surface area contributed by atoms with Gasteiger partial charge in [0.25, 0.3) is 5.56 Å². The number of anilines is 1. The van der Waals surface area contributed by atoms with E-state index in [1.54, 1.807) is 10.6 Å². The van der Waals surface area contributed by atoms with E-state index in [0.29, 0.717) is 35.5 Å². The zero-order valence-corrected chi connectivity index (χ0v) is 17.9. The number of aromatic nitrogens is 3. The van der Waals surface area contributed by atoms with Crippen LogP contribution in [-0.2, 0) is 17.8 Å². The van der Waals surface area contributed by atoms with Gasteiger partial charge in [-0.2, -0.15) is 0 Å². The Morgan fingerprint density at radius 2 is 1.88 bits per heavy atom. The number of piperidine rings is 1. The molecule has 7 heteroatoms. The van der Waals surface area contributed by atoms with Gasteiger partial charge >= 0.3 is 0 Å². The number of carbonyl (C=O) groups is 1. The molecule has 2 aromatic heterocycles. The summed E-state index contributed by atoms with van der Waals surface area (Å²) >= 11 is 0. The van der Waals surface area contributed by atoms with Crippen molar-refractivity contribution in [1.82, 2.24) is 19.4 Å². The molecule has 0 spiro atoms. The van der Waals surface area contributed by atoms with Crippen molar-refractivity contribution in [3.8, 4) is 11.5 Å². The number of para-hydroxylation sites is 1. The van der Waals surface area contributed by atoms with Gasteiger partial charge in [-0.05, 0) is 62.2 Å². The molecule has 4 aromatic rings. The number of likely N-dealkylation sites (tertiary alicyclic amines) is 1. The van der Waals surface area contributed by atoms with E-state index in [4.69, 9.17) is 4.98 Å². The third-order valence-corrected chi connectivity index (χ3v) is 6.68. The third-order valence-electron chi connectivity index (χ3n) is 6.68. The highest BCUT2D eigenvalue weighted by molar-refractivity contribution is 5.95. The Kier molecular flexibility index (Phi) is 4.57. The number of aryl methyl sites for hydroxylation is 1. The second-order valence-electron chi connectivity index (χ2n) is 8.78. The van der Waals surface area contributed by atoms with Gasteiger partial charge in [0.05, 0.1) is 23.1 Å². The van der Waals surface area contributed by atoms with Crippen molar-refractivity contribution in [2.24, 2.45) is 0 Å². The summed E-state index contributed by atoms with van der Waals surface area (Å²) in [4.78, 5) is 36.3. The molecule has 2 aliphatic heterocycles. The average molecular weight is 428 g/mol. The fourth-order valence-corrected chi connectivity index (χ4v) is 5.09. The predicted molar refractivity (Wildman–Crippen MR) is 126 cm³/mol. The molecule has 1 saturated heterocycles. The van der Waals surface area contributed by atoms with Crippen LogP contribution in [0, 0.1) is 0 Å². The number of nitrogens with one attached hydrogen (secondary N) is 2. The molecule has 4 heterocycles. The molecule has 1 amide bonds. The summed E-state index contributed by atoms with van der Waals surface area (Å²) < 4.78 is 1.75. The molecule has 0 aliphatic carbocycles. The number of H-pyrrole nitrogens is 1. The molecule has 7 nitrogen and oxygen atoms in total. The Balaban J connectivity index is 1.34. The Morgan fingerprint density at radius 1 is 1.03 bits per heavy atom. The fraction of sp³-hybridized carbons (Fsp3) is 0.320. The number of benzene rings is 2. The third kappa shape index (κ3) is 3.20. The number of aromatic amines is 1. The van der Waals surface area contributed by atoms with Crippen molar-refractivity contribution in [2.45, 2.75) is 32.2 Å². The predicted octanol–water partition coefficient (Wildman–Crippen LogP) is 3.53. The van der Waals surface area contributed by atoms with E-state index in [1.807, 2.05) is 24.3 Å². The first-order valence-corrected chi connectivity index (χ1v) is 11.3. The largest absolute Gasteiger partial charge is 0.352 e. The van der Waals surface area contributed by atoms with Crippen LogP contribution in [0.1, 0.15) is 24.8 Å². The lowest BCUT2D eigenvalue weighted by atomic mass is 10.0. The van der Waals surface area contributed by atoms with Crippen LogP contribution in [0.2, 0.25) is 0 Å². The van der Waals surface area contributed by atoms with Gasteiger partial charge in [0, 0.05) is 23.1 Å². The van der Waals surface area contributed by atoms with Crippen molar-refractivity contribution in [2.75, 3.05) is 25.0 Å². The molecular formula is C25H25N5O2. The van der Waals surface area contributed by atoms with Gasteiger partial charge in [-0.15, -0.1) is 0 Å². The van der Waals surface area contributed by atoms with E-state index in [1.165, 1.54) is 17.4 Å². The summed E-state index contributed by atoms with van der Waals surface area (Å²) in [6.45, 7) is 2.93. The Hall–Kier alpha value is -3.45. The minimum absolute atomic E-state index is 0.0417. The molecule has 2 aliphatic rings. The minimum Gasteiger partial charge on any atom is -0.352 e. The van der Waals surface area contributed by atoms with Gasteiger partial charge in [-0.25, -0.2) is 4.98 Å². The van der Waals surface area contributed by atoms with Crippen LogP contribution in [0.3, 0.4) is 0 Å². The Labute approximate surface area is 185 Å². The minimum atomic E-state index is -0.0681. The molecule has 0 unspecified atom stereocenters. The summed E-state index contributed by atoms with van der Waals surface area (Å²) in [6.07, 6.45) is 4.32. The van der Waals surface area contributed by atoms with Crippen molar-refractivity contribution in [1.29, 1.82) is 0 Å². The van der Waals surface area contributed by atoms with Crippen LogP contribution < -0.4 is 10.9 Å². The lowest BCUT2D eigenvalue weighted by molar-refractivity contribution is -0.117. The van der Waals surface area contributed by atoms with Gasteiger partial charge in [-0.1, -0.05) is 24.6 Å². The number of amides is 1. The summed E-state index contributed by atoms with van der Waals surface area (Å²) in [6, 6.07) is 13.6. The first kappa shape index (κ1) is 19.3. The van der Waals surface area contributed by atoms with Gasteiger partial charge < -0.3 is 10.3 Å². The van der Waals surface area contributed by atoms with E-state index in [9.17, 15) is 9.59 Å². The van der Waals surface area contributed by atoms with Crippen molar-refractivity contribution in [3.05, 3.63) is 58.4 Å². The molecule has 2 N–H and O–H groups in total. The van der Waals surface area contributed by atoms with Crippen LogP contribution in [0.5, 0.6) is 0 Å². The zero-order valence-electron chi connectivity index (χ0n) is 17.9. The summed E-state index contributed by atoms with van der Waals surface area (Å²) in [7, 11) is 0. The number of fused-ring (bicyclic) bond motifs is 6. The number of hydrogen-bond acceptors (Lipinski definition) is 4. The number of rotatable bonds is 3. The standard InChI is InChI=1S/C25H25N5O2/c31-22(15-29-11-4-1-5-12-29)26-16-8-9-21-19(14-16)25(32)30-13-10-18-17-6-2-3-7-20(17)27-23(18)24(30)28-21/h2-3,6-9,14,27H,1,4-5,10-13,15H2,(H,26,31). The van der Waals surface area contributed by atoms with Gasteiger partial charge in [0.15, 0.2) is 5.82 Å². The molecule has 0 bridgehead atoms. The summed E-state index contributed by atoms with van der Waals surface area (Å²) in [5.41, 5.74) is 4.42. The first-order chi connectivity index (χ1) is 15.7. The van der Waals surface area contributed by atoms with Crippen LogP contribution in [0.25, 0.3) is 33.3 Å². The van der Waals surface area contributed by atoms with E-state index in [-0.39, 0.29) is 11.5 Å². The topological polar surface area (TPSA) is 83.0 Å². The second kappa shape index (κ2) is 7.60. The maximum Gasteiger partial charge on any atom is 0.261 e. The molecule has 6 rings (SSSR count). The Bertz CT molecular complexity index is 1410. The maximum atomic E-state index is 13.3. The highest BCUT2D eigenvalue weighted by Gasteiger charge is 2.24. The molecule has 0 radical (unpaired) electrons. The highest BCUT2D eigenvalue weighted by atomic mass is 16.2. The molecule has 32 heavy (non-hydrogen) atoms. The Morgan fingerprint density at radius 3 is 2.75 bits per heavy atom. The van der Waals surface area contributed by atoms with Crippen LogP contribution in [0.15, 0.2) is 47.3 Å². The van der Waals surface area contributed by atoms with Crippen molar-refractivity contribution < 1.29 is 4.79 Å². The van der Waals surface area contributed by atoms with E-state index < -0.39 is 0 Å². The monoisotopic (exact) mass is 427 g/mol. The van der Waals surface area contributed by atoms with Crippen molar-refractivity contribution in [3.63, 3.8) is 0 Å². The van der Waals surface area contributed by atoms with E-state index in [2.05, 4.69) is 27.3 Å². The van der Waals surface area contributed by atoms with Gasteiger partial charge in [-0.3, -0.25) is 19.1 Å². The van der Waals surface area contributed by atoms with Crippen molar-refractivity contribution >= 4 is 33.4 Å². The maximum absolute atomic E-state index is 13.3. The number of nitrogens with zero attached hydrogens (tertiary/aromatic N) is 3. The lowest BCUT2D eigenvalue weighted by Crippen LogP contribution is -2.36. The lowest BCUT2D eigenvalue weighted by Gasteiger charge is -2.25. The number of carbonyl (C=O) groups excluding carboxylic acids is 1. The van der Waals surface area contributed by atoms with Gasteiger partial charge in [0.2, 0.25) is 5.91 Å². The normalized spacial score (nSPS) is 16.1. The molecule has 0 atom stereocenters. The average Bonchev–Trinajstić information content (AvgIpc) is 3.19. The molecule has 0 saturated carbocycles. The zero-order chi connectivity index (χ0) is 21.7. The highest BCUT2D eigenvalue weighted by Crippen LogP contribution is 2.33. The van der Waals surface area contributed by atoms with Crippen LogP contribution in [-0.4, -0.2) is 45.0 Å². The second-order valence-corrected chi connectivity index (χ2v) is 8.78. The van der Waals surface area contributed by atoms with Crippen LogP contribution >= 0.6 is 0 Å².